The van der Waals surface area contributed by atoms with Gasteiger partial charge in [0.2, 0.25) is 0 Å². The summed E-state index contributed by atoms with van der Waals surface area (Å²) in [6.45, 7) is 0. The van der Waals surface area contributed by atoms with Crippen LogP contribution in [0.1, 0.15) is 11.7 Å². The van der Waals surface area contributed by atoms with E-state index in [0.29, 0.717) is 6.07 Å². The average Bonchev–Trinajstić information content (AvgIpc) is 2.08. The van der Waals surface area contributed by atoms with Gasteiger partial charge in [-0.3, -0.25) is 0 Å². The third-order valence-electron chi connectivity index (χ3n) is 1.55. The Kier molecular flexibility index (Phi) is 2.77. The first-order chi connectivity index (χ1) is 6.02. The minimum Gasteiger partial charge on any atom is -0.508 e. The molecule has 0 radical (unpaired) electrons. The molecule has 0 bridgehead atoms. The van der Waals surface area contributed by atoms with Crippen LogP contribution >= 0.6 is 0 Å². The smallest absolute Gasteiger partial charge is 0.268 e. The molecule has 0 aliphatic rings. The summed E-state index contributed by atoms with van der Waals surface area (Å²) >= 11 is 0. The molecule has 1 atom stereocenters. The van der Waals surface area contributed by atoms with E-state index in [4.69, 9.17) is 10.2 Å². The maximum atomic E-state index is 12.5. The van der Waals surface area contributed by atoms with Gasteiger partial charge in [0.1, 0.15) is 17.7 Å². The SMILES string of the molecule is Oc1ccc(F)cc1C(O)C(F)F. The highest BCUT2D eigenvalue weighted by molar-refractivity contribution is 5.34. The Hall–Kier alpha value is -1.23. The molecule has 0 fully saturated rings. The van der Waals surface area contributed by atoms with E-state index in [1.54, 1.807) is 0 Å². The van der Waals surface area contributed by atoms with Gasteiger partial charge < -0.3 is 10.2 Å². The summed E-state index contributed by atoms with van der Waals surface area (Å²) in [4.78, 5) is 0. The Balaban J connectivity index is 3.05. The predicted octanol–water partition coefficient (Wildman–Crippen LogP) is 1.83. The van der Waals surface area contributed by atoms with E-state index in [0.717, 1.165) is 12.1 Å². The molecule has 2 N–H and O–H groups in total. The van der Waals surface area contributed by atoms with Gasteiger partial charge in [-0.1, -0.05) is 0 Å². The number of aromatic hydroxyl groups is 1. The second-order valence-corrected chi connectivity index (χ2v) is 2.48. The van der Waals surface area contributed by atoms with Crippen molar-refractivity contribution in [3.8, 4) is 5.75 Å². The number of benzene rings is 1. The zero-order chi connectivity index (χ0) is 10.0. The van der Waals surface area contributed by atoms with Crippen LogP contribution in [0.25, 0.3) is 0 Å². The molecule has 1 unspecified atom stereocenters. The normalized spacial score (nSPS) is 13.3. The Morgan fingerprint density at radius 1 is 1.23 bits per heavy atom. The third kappa shape index (κ3) is 2.12. The second-order valence-electron chi connectivity index (χ2n) is 2.48. The van der Waals surface area contributed by atoms with Gasteiger partial charge in [0, 0.05) is 5.56 Å². The van der Waals surface area contributed by atoms with Gasteiger partial charge in [-0.2, -0.15) is 0 Å². The lowest BCUT2D eigenvalue weighted by Gasteiger charge is -2.10. The molecule has 1 aromatic carbocycles. The van der Waals surface area contributed by atoms with Crippen LogP contribution in [0, 0.1) is 5.82 Å². The molecule has 0 heterocycles. The number of rotatable bonds is 2. The molecular formula is C8H7F3O2. The van der Waals surface area contributed by atoms with Gasteiger partial charge >= 0.3 is 0 Å². The number of hydrogen-bond donors (Lipinski definition) is 2. The summed E-state index contributed by atoms with van der Waals surface area (Å²) < 4.78 is 36.4. The molecule has 1 rings (SSSR count). The largest absolute Gasteiger partial charge is 0.508 e. The molecule has 13 heavy (non-hydrogen) atoms. The van der Waals surface area contributed by atoms with Crippen LogP contribution in [0.3, 0.4) is 0 Å². The van der Waals surface area contributed by atoms with Crippen LogP contribution in [-0.4, -0.2) is 16.6 Å². The number of halogens is 3. The van der Waals surface area contributed by atoms with Crippen molar-refractivity contribution in [2.75, 3.05) is 0 Å². The molecule has 0 saturated carbocycles. The van der Waals surface area contributed by atoms with E-state index >= 15 is 0 Å². The van der Waals surface area contributed by atoms with E-state index in [1.165, 1.54) is 0 Å². The van der Waals surface area contributed by atoms with Gasteiger partial charge in [0.15, 0.2) is 0 Å². The molecule has 2 nitrogen and oxygen atoms in total. The van der Waals surface area contributed by atoms with Crippen molar-refractivity contribution in [2.45, 2.75) is 12.5 Å². The number of aliphatic hydroxyl groups is 1. The van der Waals surface area contributed by atoms with Crippen LogP contribution in [0.5, 0.6) is 5.75 Å². The molecule has 0 saturated heterocycles. The Labute approximate surface area is 72.2 Å². The van der Waals surface area contributed by atoms with E-state index in [2.05, 4.69) is 0 Å². The lowest BCUT2D eigenvalue weighted by molar-refractivity contribution is -0.00713. The zero-order valence-electron chi connectivity index (χ0n) is 6.42. The predicted molar refractivity (Wildman–Crippen MR) is 39.0 cm³/mol. The van der Waals surface area contributed by atoms with Crippen LogP contribution < -0.4 is 0 Å². The first kappa shape index (κ1) is 9.85. The summed E-state index contributed by atoms with van der Waals surface area (Å²) in [7, 11) is 0. The van der Waals surface area contributed by atoms with Crippen molar-refractivity contribution in [3.63, 3.8) is 0 Å². The third-order valence-corrected chi connectivity index (χ3v) is 1.55. The van der Waals surface area contributed by atoms with Crippen molar-refractivity contribution in [1.82, 2.24) is 0 Å². The summed E-state index contributed by atoms with van der Waals surface area (Å²) in [5.74, 6) is -1.33. The number of hydrogen-bond acceptors (Lipinski definition) is 2. The molecular weight excluding hydrogens is 185 g/mol. The zero-order valence-corrected chi connectivity index (χ0v) is 6.42. The fourth-order valence-electron chi connectivity index (χ4n) is 0.898. The lowest BCUT2D eigenvalue weighted by atomic mass is 10.1. The minimum atomic E-state index is -3.05. The monoisotopic (exact) mass is 192 g/mol. The van der Waals surface area contributed by atoms with E-state index in [9.17, 15) is 13.2 Å². The maximum absolute atomic E-state index is 12.5. The highest BCUT2D eigenvalue weighted by Gasteiger charge is 2.22. The van der Waals surface area contributed by atoms with Crippen molar-refractivity contribution in [3.05, 3.63) is 29.6 Å². The topological polar surface area (TPSA) is 40.5 Å². The fraction of sp³-hybridized carbons (Fsp3) is 0.250. The highest BCUT2D eigenvalue weighted by Crippen LogP contribution is 2.28. The van der Waals surface area contributed by atoms with E-state index in [1.807, 2.05) is 0 Å². The average molecular weight is 192 g/mol. The molecule has 5 heteroatoms. The van der Waals surface area contributed by atoms with Crippen LogP contribution in [0.15, 0.2) is 18.2 Å². The van der Waals surface area contributed by atoms with Crippen molar-refractivity contribution >= 4 is 0 Å². The summed E-state index contributed by atoms with van der Waals surface area (Å²) in [6.07, 6.45) is -5.21. The lowest BCUT2D eigenvalue weighted by Crippen LogP contribution is -2.08. The quantitative estimate of drug-likeness (QED) is 0.750. The first-order valence-electron chi connectivity index (χ1n) is 3.47. The molecule has 0 aromatic heterocycles. The summed E-state index contributed by atoms with van der Waals surface area (Å²) in [5.41, 5.74) is -0.505. The second kappa shape index (κ2) is 3.66. The first-order valence-corrected chi connectivity index (χ1v) is 3.47. The van der Waals surface area contributed by atoms with Crippen molar-refractivity contribution in [1.29, 1.82) is 0 Å². The van der Waals surface area contributed by atoms with Crippen LogP contribution in [-0.2, 0) is 0 Å². The van der Waals surface area contributed by atoms with Crippen molar-refractivity contribution in [2.24, 2.45) is 0 Å². The van der Waals surface area contributed by atoms with Gasteiger partial charge in [0.25, 0.3) is 6.43 Å². The molecule has 1 aromatic rings. The van der Waals surface area contributed by atoms with E-state index in [-0.39, 0.29) is 0 Å². The van der Waals surface area contributed by atoms with Crippen molar-refractivity contribution < 1.29 is 23.4 Å². The Morgan fingerprint density at radius 3 is 2.38 bits per heavy atom. The Bertz CT molecular complexity index is 301. The number of alkyl halides is 2. The maximum Gasteiger partial charge on any atom is 0.268 e. The van der Waals surface area contributed by atoms with Gasteiger partial charge in [0.05, 0.1) is 0 Å². The molecule has 0 spiro atoms. The van der Waals surface area contributed by atoms with E-state index < -0.39 is 29.7 Å². The standard InChI is InChI=1S/C8H7F3O2/c9-4-1-2-6(12)5(3-4)7(13)8(10)11/h1-3,7-8,12-13H. The number of phenolic OH excluding ortho intramolecular Hbond substituents is 1. The summed E-state index contributed by atoms with van der Waals surface area (Å²) in [5, 5.41) is 17.8. The molecule has 0 aliphatic heterocycles. The van der Waals surface area contributed by atoms with Crippen LogP contribution in [0.4, 0.5) is 13.2 Å². The van der Waals surface area contributed by atoms with Crippen LogP contribution in [0.2, 0.25) is 0 Å². The molecule has 0 aliphatic carbocycles. The number of aliphatic hydroxyl groups excluding tert-OH is 1. The highest BCUT2D eigenvalue weighted by atomic mass is 19.3. The molecule has 0 amide bonds. The fourth-order valence-corrected chi connectivity index (χ4v) is 0.898. The Morgan fingerprint density at radius 2 is 1.85 bits per heavy atom. The van der Waals surface area contributed by atoms with Gasteiger partial charge in [-0.15, -0.1) is 0 Å². The van der Waals surface area contributed by atoms with Gasteiger partial charge in [-0.25, -0.2) is 13.2 Å². The van der Waals surface area contributed by atoms with Gasteiger partial charge in [-0.05, 0) is 18.2 Å². The summed E-state index contributed by atoms with van der Waals surface area (Å²) in [6, 6.07) is 2.50. The molecule has 72 valence electrons. The minimum absolute atomic E-state index is 0.505. The number of phenols is 1.